The molecule has 3 nitrogen and oxygen atoms in total. The van der Waals surface area contributed by atoms with E-state index in [1.165, 1.54) is 18.2 Å². The van der Waals surface area contributed by atoms with Gasteiger partial charge in [0.2, 0.25) is 10.0 Å². The molecule has 0 spiro atoms. The molecule has 1 N–H and O–H groups in total. The summed E-state index contributed by atoms with van der Waals surface area (Å²) in [6, 6.07) is 3.90. The van der Waals surface area contributed by atoms with E-state index in [0.717, 1.165) is 0 Å². The van der Waals surface area contributed by atoms with Crippen molar-refractivity contribution in [2.45, 2.75) is 37.6 Å². The van der Waals surface area contributed by atoms with E-state index in [9.17, 15) is 12.8 Å². The second kappa shape index (κ2) is 4.92. The number of hydrogen-bond acceptors (Lipinski definition) is 2. The Morgan fingerprint density at radius 2 is 2.00 bits per heavy atom. The van der Waals surface area contributed by atoms with Crippen molar-refractivity contribution < 1.29 is 12.8 Å². The van der Waals surface area contributed by atoms with Crippen molar-refractivity contribution >= 4 is 21.6 Å². The van der Waals surface area contributed by atoms with Crippen LogP contribution in [0.25, 0.3) is 0 Å². The van der Waals surface area contributed by atoms with Gasteiger partial charge in [-0.05, 0) is 32.4 Å². The average Bonchev–Trinajstić information content (AvgIpc) is 2.20. The molecule has 0 fully saturated rings. The Balaban J connectivity index is 3.19. The number of hydrogen-bond donors (Lipinski definition) is 1. The van der Waals surface area contributed by atoms with Gasteiger partial charge in [-0.2, -0.15) is 0 Å². The molecule has 0 amide bonds. The average molecular weight is 280 g/mol. The molecule has 1 rings (SSSR count). The summed E-state index contributed by atoms with van der Waals surface area (Å²) in [6.07, 6.45) is 0.592. The molecule has 0 heterocycles. The highest BCUT2D eigenvalue weighted by Gasteiger charge is 2.27. The van der Waals surface area contributed by atoms with Crippen molar-refractivity contribution in [3.63, 3.8) is 0 Å². The fourth-order valence-corrected chi connectivity index (χ4v) is 3.00. The van der Waals surface area contributed by atoms with Crippen molar-refractivity contribution in [3.8, 4) is 0 Å². The predicted octanol–water partition coefficient (Wildman–Crippen LogP) is 2.95. The molecule has 1 aromatic carbocycles. The largest absolute Gasteiger partial charge is 0.244 e. The lowest BCUT2D eigenvalue weighted by atomic mass is 10.0. The number of nitrogens with one attached hydrogen (secondary N) is 1. The highest BCUT2D eigenvalue weighted by molar-refractivity contribution is 7.89. The van der Waals surface area contributed by atoms with E-state index in [4.69, 9.17) is 11.6 Å². The van der Waals surface area contributed by atoms with Crippen LogP contribution >= 0.6 is 11.6 Å². The Bertz CT molecular complexity index is 514. The zero-order valence-corrected chi connectivity index (χ0v) is 11.5. The maximum Gasteiger partial charge on any atom is 0.244 e. The third-order valence-electron chi connectivity index (χ3n) is 2.50. The Kier molecular flexibility index (Phi) is 4.17. The summed E-state index contributed by atoms with van der Waals surface area (Å²) in [5.74, 6) is -0.923. The van der Waals surface area contributed by atoms with Gasteiger partial charge in [0.05, 0.1) is 5.02 Å². The van der Waals surface area contributed by atoms with Crippen LogP contribution < -0.4 is 4.72 Å². The molecule has 0 radical (unpaired) electrons. The van der Waals surface area contributed by atoms with Gasteiger partial charge in [-0.25, -0.2) is 17.5 Å². The number of sulfonamides is 1. The highest BCUT2D eigenvalue weighted by atomic mass is 35.5. The molecule has 1 aromatic rings. The van der Waals surface area contributed by atoms with Gasteiger partial charge >= 0.3 is 0 Å². The fourth-order valence-electron chi connectivity index (χ4n) is 1.18. The van der Waals surface area contributed by atoms with E-state index < -0.39 is 26.3 Å². The van der Waals surface area contributed by atoms with Crippen molar-refractivity contribution in [3.05, 3.63) is 29.0 Å². The molecule has 0 saturated heterocycles. The van der Waals surface area contributed by atoms with Gasteiger partial charge in [0, 0.05) is 5.54 Å². The van der Waals surface area contributed by atoms with Gasteiger partial charge in [-0.1, -0.05) is 24.6 Å². The normalized spacial score (nSPS) is 12.8. The Morgan fingerprint density at radius 1 is 1.41 bits per heavy atom. The van der Waals surface area contributed by atoms with Gasteiger partial charge in [0.25, 0.3) is 0 Å². The zero-order valence-electron chi connectivity index (χ0n) is 9.92. The quantitative estimate of drug-likeness (QED) is 0.921. The SMILES string of the molecule is CCC(C)(C)NS(=O)(=O)c1cccc(Cl)c1F. The molecule has 0 bridgehead atoms. The van der Waals surface area contributed by atoms with Crippen LogP contribution in [0.15, 0.2) is 23.1 Å². The first-order chi connectivity index (χ1) is 7.69. The van der Waals surface area contributed by atoms with Crippen molar-refractivity contribution in [1.29, 1.82) is 0 Å². The molecule has 17 heavy (non-hydrogen) atoms. The summed E-state index contributed by atoms with van der Waals surface area (Å²) in [6.45, 7) is 5.30. The Hall–Kier alpha value is -0.650. The minimum absolute atomic E-state index is 0.206. The number of rotatable bonds is 4. The minimum atomic E-state index is -3.89. The van der Waals surface area contributed by atoms with Gasteiger partial charge in [-0.15, -0.1) is 0 Å². The molecule has 6 heteroatoms. The second-order valence-corrected chi connectivity index (χ2v) is 6.45. The monoisotopic (exact) mass is 279 g/mol. The summed E-state index contributed by atoms with van der Waals surface area (Å²) in [7, 11) is -3.89. The molecule has 0 aliphatic rings. The smallest absolute Gasteiger partial charge is 0.207 e. The molecule has 0 unspecified atom stereocenters. The zero-order chi connectivity index (χ0) is 13.3. The summed E-state index contributed by atoms with van der Waals surface area (Å²) < 4.78 is 40.0. The molecule has 0 saturated carbocycles. The van der Waals surface area contributed by atoms with E-state index in [2.05, 4.69) is 4.72 Å². The second-order valence-electron chi connectivity index (χ2n) is 4.39. The first-order valence-corrected chi connectivity index (χ1v) is 7.04. The van der Waals surface area contributed by atoms with Crippen LogP contribution in [0, 0.1) is 5.82 Å². The van der Waals surface area contributed by atoms with Crippen LogP contribution in [0.4, 0.5) is 4.39 Å². The predicted molar refractivity (Wildman–Crippen MR) is 66.1 cm³/mol. The first-order valence-electron chi connectivity index (χ1n) is 5.17. The fraction of sp³-hybridized carbons (Fsp3) is 0.455. The summed E-state index contributed by atoms with van der Waals surface area (Å²) >= 11 is 5.56. The van der Waals surface area contributed by atoms with E-state index in [1.807, 2.05) is 6.92 Å². The lowest BCUT2D eigenvalue weighted by Crippen LogP contribution is -2.42. The van der Waals surface area contributed by atoms with Gasteiger partial charge < -0.3 is 0 Å². The maximum absolute atomic E-state index is 13.6. The molecular formula is C11H15ClFNO2S. The molecule has 0 atom stereocenters. The first kappa shape index (κ1) is 14.4. The summed E-state index contributed by atoms with van der Waals surface area (Å²) in [5, 5.41) is -0.206. The third-order valence-corrected chi connectivity index (χ3v) is 4.51. The van der Waals surface area contributed by atoms with E-state index in [0.29, 0.717) is 6.42 Å². The molecular weight excluding hydrogens is 265 g/mol. The Morgan fingerprint density at radius 3 is 2.53 bits per heavy atom. The van der Waals surface area contributed by atoms with Crippen molar-refractivity contribution in [1.82, 2.24) is 4.72 Å². The molecule has 0 aliphatic heterocycles. The topological polar surface area (TPSA) is 46.2 Å². The maximum atomic E-state index is 13.6. The number of benzene rings is 1. The van der Waals surface area contributed by atoms with Crippen LogP contribution in [0.2, 0.25) is 5.02 Å². The molecule has 0 aromatic heterocycles. The van der Waals surface area contributed by atoms with Gasteiger partial charge in [0.15, 0.2) is 5.82 Å². The third kappa shape index (κ3) is 3.40. The highest BCUT2D eigenvalue weighted by Crippen LogP contribution is 2.23. The van der Waals surface area contributed by atoms with E-state index >= 15 is 0 Å². The van der Waals surface area contributed by atoms with Gasteiger partial charge in [0.1, 0.15) is 4.90 Å². The summed E-state index contributed by atoms with van der Waals surface area (Å²) in [4.78, 5) is -0.425. The van der Waals surface area contributed by atoms with Crippen LogP contribution in [-0.2, 0) is 10.0 Å². The number of halogens is 2. The lowest BCUT2D eigenvalue weighted by molar-refractivity contribution is 0.437. The van der Waals surface area contributed by atoms with Crippen LogP contribution in [0.5, 0.6) is 0 Å². The van der Waals surface area contributed by atoms with Crippen molar-refractivity contribution in [2.24, 2.45) is 0 Å². The van der Waals surface area contributed by atoms with Crippen LogP contribution in [0.1, 0.15) is 27.2 Å². The molecule has 0 aliphatic carbocycles. The van der Waals surface area contributed by atoms with Gasteiger partial charge in [-0.3, -0.25) is 0 Å². The van der Waals surface area contributed by atoms with Crippen LogP contribution in [0.3, 0.4) is 0 Å². The van der Waals surface area contributed by atoms with Crippen LogP contribution in [-0.4, -0.2) is 14.0 Å². The van der Waals surface area contributed by atoms with E-state index in [-0.39, 0.29) is 5.02 Å². The van der Waals surface area contributed by atoms with Crippen molar-refractivity contribution in [2.75, 3.05) is 0 Å². The minimum Gasteiger partial charge on any atom is -0.207 e. The van der Waals surface area contributed by atoms with E-state index in [1.54, 1.807) is 13.8 Å². The summed E-state index contributed by atoms with van der Waals surface area (Å²) in [5.41, 5.74) is -0.631. The Labute approximate surface area is 106 Å². The standard InChI is InChI=1S/C11H15ClFNO2S/c1-4-11(2,3)14-17(15,16)9-7-5-6-8(12)10(9)13/h5-7,14H,4H2,1-3H3. The molecule has 96 valence electrons. The lowest BCUT2D eigenvalue weighted by Gasteiger charge is -2.24.